The number of carboxylic acid groups (broad SMARTS) is 1. The van der Waals surface area contributed by atoms with E-state index in [2.05, 4.69) is 35.5 Å². The van der Waals surface area contributed by atoms with E-state index in [4.69, 9.17) is 9.52 Å². The molecule has 0 spiro atoms. The Bertz CT molecular complexity index is 1140. The lowest BCUT2D eigenvalue weighted by molar-refractivity contribution is -0.117. The van der Waals surface area contributed by atoms with Crippen LogP contribution in [0.5, 0.6) is 5.95 Å². The van der Waals surface area contributed by atoms with E-state index in [0.29, 0.717) is 17.3 Å². The van der Waals surface area contributed by atoms with Gasteiger partial charge >= 0.3 is 6.16 Å². The zero-order valence-corrected chi connectivity index (χ0v) is 18.9. The second kappa shape index (κ2) is 7.72. The van der Waals surface area contributed by atoms with Crippen molar-refractivity contribution in [2.24, 2.45) is 5.41 Å². The van der Waals surface area contributed by atoms with Crippen LogP contribution in [0.2, 0.25) is 0 Å². The first-order valence-electron chi connectivity index (χ1n) is 9.96. The molecule has 0 saturated heterocycles. The Hall–Kier alpha value is -3.36. The van der Waals surface area contributed by atoms with Gasteiger partial charge in [-0.3, -0.25) is 14.1 Å². The summed E-state index contributed by atoms with van der Waals surface area (Å²) in [5.74, 6) is 0.831. The summed E-state index contributed by atoms with van der Waals surface area (Å²) in [7, 11) is 0. The third-order valence-electron chi connectivity index (χ3n) is 4.71. The maximum absolute atomic E-state index is 13.0. The molecule has 9 heteroatoms. The maximum atomic E-state index is 13.0. The molecule has 0 radical (unpaired) electrons. The molecular weight excluding hydrogens is 400 g/mol. The van der Waals surface area contributed by atoms with Crippen molar-refractivity contribution >= 4 is 23.7 Å². The summed E-state index contributed by atoms with van der Waals surface area (Å²) in [4.78, 5) is 34.6. The van der Waals surface area contributed by atoms with E-state index in [9.17, 15) is 9.59 Å². The molecule has 0 atom stereocenters. The number of anilines is 1. The number of furan rings is 1. The number of imidazole rings is 1. The summed E-state index contributed by atoms with van der Waals surface area (Å²) < 4.78 is 11.9. The van der Waals surface area contributed by atoms with Crippen molar-refractivity contribution in [3.63, 3.8) is 0 Å². The summed E-state index contributed by atoms with van der Waals surface area (Å²) >= 11 is 0. The van der Waals surface area contributed by atoms with Crippen LogP contribution in [-0.2, 0) is 4.79 Å². The van der Waals surface area contributed by atoms with Gasteiger partial charge in [-0.15, -0.1) is 0 Å². The maximum Gasteiger partial charge on any atom is 0.513 e. The summed E-state index contributed by atoms with van der Waals surface area (Å²) in [5, 5.41) is 8.86. The molecule has 3 aromatic rings. The molecule has 3 rings (SSSR count). The molecule has 0 aromatic carbocycles. The van der Waals surface area contributed by atoms with Crippen LogP contribution in [0.15, 0.2) is 28.8 Å². The molecule has 166 valence electrons. The number of fused-ring (bicyclic) bond motifs is 1. The zero-order chi connectivity index (χ0) is 23.1. The minimum absolute atomic E-state index is 0.0418. The number of hydrogen-bond acceptors (Lipinski definition) is 6. The van der Waals surface area contributed by atoms with Gasteiger partial charge in [0.2, 0.25) is 11.7 Å². The van der Waals surface area contributed by atoms with Gasteiger partial charge in [-0.1, -0.05) is 20.8 Å². The molecular formula is C22H28N4O5. The van der Waals surface area contributed by atoms with E-state index in [1.807, 2.05) is 33.0 Å². The van der Waals surface area contributed by atoms with Crippen LogP contribution in [0.25, 0.3) is 17.2 Å². The molecule has 0 saturated carbocycles. The minimum atomic E-state index is -1.48. The molecule has 31 heavy (non-hydrogen) atoms. The molecule has 0 aliphatic carbocycles. The first kappa shape index (κ1) is 22.3. The largest absolute Gasteiger partial charge is 0.513 e. The van der Waals surface area contributed by atoms with Crippen molar-refractivity contribution in [2.45, 2.75) is 60.4 Å². The highest BCUT2D eigenvalue weighted by Gasteiger charge is 2.38. The number of aromatic nitrogens is 3. The first-order valence-corrected chi connectivity index (χ1v) is 9.96. The monoisotopic (exact) mass is 428 g/mol. The Morgan fingerprint density at radius 2 is 1.84 bits per heavy atom. The fourth-order valence-electron chi connectivity index (χ4n) is 4.21. The van der Waals surface area contributed by atoms with Gasteiger partial charge in [0.05, 0.1) is 0 Å². The highest BCUT2D eigenvalue weighted by molar-refractivity contribution is 5.96. The third kappa shape index (κ3) is 4.70. The standard InChI is InChI=1S/C22H28N4O5/c1-13-10-11-25-18(26(14(2)27)22(6,7)12-21(3,4)5)17(24-19(25)23-13)15-8-9-16(30-15)31-20(28)29/h8-11H,12H2,1-7H3,(H,28,29). The van der Waals surface area contributed by atoms with Crippen LogP contribution < -0.4 is 9.64 Å². The number of aryl methyl sites for hydroxylation is 1. The Kier molecular flexibility index (Phi) is 5.56. The van der Waals surface area contributed by atoms with Crippen LogP contribution in [0.3, 0.4) is 0 Å². The molecule has 9 nitrogen and oxygen atoms in total. The Labute approximate surface area is 180 Å². The van der Waals surface area contributed by atoms with Gasteiger partial charge < -0.3 is 14.3 Å². The molecule has 0 bridgehead atoms. The van der Waals surface area contributed by atoms with Gasteiger partial charge in [0, 0.05) is 30.4 Å². The quantitative estimate of drug-likeness (QED) is 0.574. The third-order valence-corrected chi connectivity index (χ3v) is 4.71. The molecule has 0 unspecified atom stereocenters. The smallest absolute Gasteiger partial charge is 0.449 e. The zero-order valence-electron chi connectivity index (χ0n) is 18.9. The van der Waals surface area contributed by atoms with Gasteiger partial charge in [0.25, 0.3) is 5.95 Å². The number of ether oxygens (including phenoxy) is 1. The molecule has 0 fully saturated rings. The van der Waals surface area contributed by atoms with Crippen LogP contribution in [0.1, 0.15) is 53.7 Å². The van der Waals surface area contributed by atoms with Crippen molar-refractivity contribution < 1.29 is 23.8 Å². The van der Waals surface area contributed by atoms with Crippen molar-refractivity contribution in [2.75, 3.05) is 4.90 Å². The van der Waals surface area contributed by atoms with Gasteiger partial charge in [-0.25, -0.2) is 14.8 Å². The van der Waals surface area contributed by atoms with E-state index in [1.54, 1.807) is 15.4 Å². The van der Waals surface area contributed by atoms with Crippen LogP contribution in [0, 0.1) is 12.3 Å². The van der Waals surface area contributed by atoms with Crippen LogP contribution >= 0.6 is 0 Å². The predicted octanol–water partition coefficient (Wildman–Crippen LogP) is 4.92. The lowest BCUT2D eigenvalue weighted by Crippen LogP contribution is -2.50. The van der Waals surface area contributed by atoms with Gasteiger partial charge in [-0.2, -0.15) is 0 Å². The van der Waals surface area contributed by atoms with E-state index in [0.717, 1.165) is 12.1 Å². The van der Waals surface area contributed by atoms with E-state index in [-0.39, 0.29) is 23.0 Å². The highest BCUT2D eigenvalue weighted by atomic mass is 16.7. The second-order valence-corrected chi connectivity index (χ2v) is 9.41. The summed E-state index contributed by atoms with van der Waals surface area (Å²) in [6.07, 6.45) is 1.05. The Morgan fingerprint density at radius 1 is 1.16 bits per heavy atom. The fraction of sp³-hybridized carbons (Fsp3) is 0.455. The average molecular weight is 428 g/mol. The predicted molar refractivity (Wildman–Crippen MR) is 115 cm³/mol. The number of hydrogen-bond donors (Lipinski definition) is 1. The van der Waals surface area contributed by atoms with Crippen molar-refractivity contribution in [3.8, 4) is 17.4 Å². The topological polar surface area (TPSA) is 110 Å². The minimum Gasteiger partial charge on any atom is -0.449 e. The van der Waals surface area contributed by atoms with Gasteiger partial charge in [0.15, 0.2) is 17.3 Å². The molecule has 0 aliphatic rings. The normalized spacial score (nSPS) is 12.2. The first-order chi connectivity index (χ1) is 14.3. The number of carbonyl (C=O) groups is 2. The van der Waals surface area contributed by atoms with Crippen LogP contribution in [-0.4, -0.2) is 37.1 Å². The molecule has 1 amide bonds. The van der Waals surface area contributed by atoms with Crippen LogP contribution in [0.4, 0.5) is 10.6 Å². The second-order valence-electron chi connectivity index (χ2n) is 9.41. The molecule has 3 heterocycles. The van der Waals surface area contributed by atoms with Gasteiger partial charge in [0.1, 0.15) is 0 Å². The molecule has 1 N–H and O–H groups in total. The number of carbonyl (C=O) groups excluding carboxylic acids is 1. The Morgan fingerprint density at radius 3 is 2.42 bits per heavy atom. The number of nitrogens with zero attached hydrogens (tertiary/aromatic N) is 4. The lowest BCUT2D eigenvalue weighted by atomic mass is 9.80. The SMILES string of the molecule is CC(=O)N(c1c(-c2ccc(OC(=O)O)o2)nc2nc(C)ccn12)C(C)(C)CC(C)(C)C. The fourth-order valence-corrected chi connectivity index (χ4v) is 4.21. The van der Waals surface area contributed by atoms with E-state index in [1.165, 1.54) is 13.0 Å². The molecule has 0 aliphatic heterocycles. The summed E-state index contributed by atoms with van der Waals surface area (Å²) in [6, 6.07) is 4.79. The Balaban J connectivity index is 2.25. The molecule has 3 aromatic heterocycles. The highest BCUT2D eigenvalue weighted by Crippen LogP contribution is 2.40. The summed E-state index contributed by atoms with van der Waals surface area (Å²) in [5.41, 5.74) is 0.538. The average Bonchev–Trinajstić information content (AvgIpc) is 3.16. The van der Waals surface area contributed by atoms with E-state index >= 15 is 0 Å². The lowest BCUT2D eigenvalue weighted by Gasteiger charge is -2.41. The number of amides is 1. The number of rotatable bonds is 5. The van der Waals surface area contributed by atoms with Crippen molar-refractivity contribution in [1.29, 1.82) is 0 Å². The van der Waals surface area contributed by atoms with Crippen molar-refractivity contribution in [1.82, 2.24) is 14.4 Å². The van der Waals surface area contributed by atoms with E-state index < -0.39 is 11.7 Å². The summed E-state index contributed by atoms with van der Waals surface area (Å²) in [6.45, 7) is 13.7. The van der Waals surface area contributed by atoms with Gasteiger partial charge in [-0.05, 0) is 44.7 Å². The van der Waals surface area contributed by atoms with Crippen molar-refractivity contribution in [3.05, 3.63) is 30.1 Å².